The molecule has 0 aromatic heterocycles. The van der Waals surface area contributed by atoms with Crippen molar-refractivity contribution in [2.45, 2.75) is 6.61 Å². The van der Waals surface area contributed by atoms with Crippen LogP contribution >= 0.6 is 0 Å². The van der Waals surface area contributed by atoms with Gasteiger partial charge in [-0.2, -0.15) is 0 Å². The summed E-state index contributed by atoms with van der Waals surface area (Å²) in [6, 6.07) is 9.49. The van der Waals surface area contributed by atoms with Gasteiger partial charge in [0.2, 0.25) is 0 Å². The summed E-state index contributed by atoms with van der Waals surface area (Å²) in [6.07, 6.45) is 0. The van der Waals surface area contributed by atoms with Crippen molar-refractivity contribution < 1.29 is 23.6 Å². The van der Waals surface area contributed by atoms with Crippen LogP contribution in [-0.2, 0) is 6.61 Å². The van der Waals surface area contributed by atoms with Crippen molar-refractivity contribution in [2.24, 2.45) is 0 Å². The van der Waals surface area contributed by atoms with E-state index in [-0.39, 0.29) is 23.4 Å². The fraction of sp³-hybridized carbons (Fsp3) is 0.0769. The van der Waals surface area contributed by atoms with Crippen molar-refractivity contribution in [3.8, 4) is 5.75 Å². The van der Waals surface area contributed by atoms with Gasteiger partial charge in [0.05, 0.1) is 0 Å². The van der Waals surface area contributed by atoms with Gasteiger partial charge in [-0.15, -0.1) is 0 Å². The average molecular weight is 264 g/mol. The van der Waals surface area contributed by atoms with Crippen LogP contribution in [0.1, 0.15) is 5.56 Å². The third kappa shape index (κ3) is 3.30. The molecule has 0 aliphatic carbocycles. The molecule has 2 rings (SSSR count). The largest absolute Gasteiger partial charge is 0.492 e. The molecule has 0 atom stereocenters. The third-order valence-electron chi connectivity index (χ3n) is 2.60. The Labute approximate surface area is 109 Å². The molecule has 2 aromatic carbocycles. The molecule has 0 saturated heterocycles. The minimum Gasteiger partial charge on any atom is -0.489 e. The number of para-hydroxylation sites is 1. The molecule has 2 aromatic rings. The van der Waals surface area contributed by atoms with Crippen LogP contribution in [-0.4, -0.2) is 17.2 Å². The zero-order valence-corrected chi connectivity index (χ0v) is 9.88. The molecular formula is C13H11BF2O3. The van der Waals surface area contributed by atoms with Crippen LogP contribution in [0.3, 0.4) is 0 Å². The van der Waals surface area contributed by atoms with E-state index >= 15 is 0 Å². The Kier molecular flexibility index (Phi) is 4.14. The lowest BCUT2D eigenvalue weighted by Crippen LogP contribution is -2.31. The predicted molar refractivity (Wildman–Crippen MR) is 67.0 cm³/mol. The Balaban J connectivity index is 2.14. The van der Waals surface area contributed by atoms with Gasteiger partial charge in [-0.05, 0) is 18.2 Å². The Hall–Kier alpha value is -1.92. The number of ether oxygens (including phenoxy) is 1. The molecule has 3 nitrogen and oxygen atoms in total. The lowest BCUT2D eigenvalue weighted by molar-refractivity contribution is 0.300. The smallest absolute Gasteiger partial charge is 0.489 e. The third-order valence-corrected chi connectivity index (χ3v) is 2.60. The molecule has 19 heavy (non-hydrogen) atoms. The summed E-state index contributed by atoms with van der Waals surface area (Å²) in [5.41, 5.74) is 0.369. The standard InChI is InChI=1S/C13H11BF2O3/c15-10-6-5-9(12(16)7-10)8-19-13-4-2-1-3-11(13)14(17)18/h1-7,17-18H,8H2. The first-order valence-electron chi connectivity index (χ1n) is 5.59. The van der Waals surface area contributed by atoms with Crippen molar-refractivity contribution in [3.05, 3.63) is 59.7 Å². The van der Waals surface area contributed by atoms with E-state index in [1.54, 1.807) is 12.1 Å². The van der Waals surface area contributed by atoms with E-state index in [4.69, 9.17) is 14.8 Å². The summed E-state index contributed by atoms with van der Waals surface area (Å²) < 4.78 is 31.5. The molecule has 0 fully saturated rings. The molecule has 2 N–H and O–H groups in total. The van der Waals surface area contributed by atoms with Crippen LogP contribution in [0.15, 0.2) is 42.5 Å². The highest BCUT2D eigenvalue weighted by atomic mass is 19.1. The first-order valence-corrected chi connectivity index (χ1v) is 5.59. The van der Waals surface area contributed by atoms with Gasteiger partial charge in [-0.3, -0.25) is 0 Å². The second-order valence-corrected chi connectivity index (χ2v) is 3.94. The zero-order valence-electron chi connectivity index (χ0n) is 9.88. The Bertz CT molecular complexity index is 576. The summed E-state index contributed by atoms with van der Waals surface area (Å²) in [6.45, 7) is -0.129. The molecule has 0 bridgehead atoms. The monoisotopic (exact) mass is 264 g/mol. The van der Waals surface area contributed by atoms with E-state index < -0.39 is 18.8 Å². The number of rotatable bonds is 4. The quantitative estimate of drug-likeness (QED) is 0.816. The lowest BCUT2D eigenvalue weighted by Gasteiger charge is -2.11. The van der Waals surface area contributed by atoms with Gasteiger partial charge in [-0.1, -0.05) is 18.2 Å². The predicted octanol–water partition coefficient (Wildman–Crippen LogP) is 1.22. The summed E-state index contributed by atoms with van der Waals surface area (Å²) in [7, 11) is -1.67. The molecule has 6 heteroatoms. The first-order chi connectivity index (χ1) is 9.08. The molecule has 0 heterocycles. The maximum Gasteiger partial charge on any atom is 0.492 e. The van der Waals surface area contributed by atoms with Crippen molar-refractivity contribution >= 4 is 12.6 Å². The van der Waals surface area contributed by atoms with Crippen LogP contribution < -0.4 is 10.2 Å². The minimum absolute atomic E-state index is 0.129. The van der Waals surface area contributed by atoms with E-state index in [0.29, 0.717) is 0 Å². The summed E-state index contributed by atoms with van der Waals surface area (Å²) in [5.74, 6) is -1.13. The van der Waals surface area contributed by atoms with Gasteiger partial charge < -0.3 is 14.8 Å². The fourth-order valence-electron chi connectivity index (χ4n) is 1.62. The Morgan fingerprint density at radius 3 is 2.47 bits per heavy atom. The van der Waals surface area contributed by atoms with E-state index in [9.17, 15) is 8.78 Å². The number of benzene rings is 2. The van der Waals surface area contributed by atoms with Gasteiger partial charge in [0.25, 0.3) is 0 Å². The van der Waals surface area contributed by atoms with Crippen molar-refractivity contribution in [2.75, 3.05) is 0 Å². The molecule has 0 saturated carbocycles. The zero-order chi connectivity index (χ0) is 13.8. The van der Waals surface area contributed by atoms with Crippen molar-refractivity contribution in [3.63, 3.8) is 0 Å². The fourth-order valence-corrected chi connectivity index (χ4v) is 1.62. The number of hydrogen-bond donors (Lipinski definition) is 2. The van der Waals surface area contributed by atoms with Crippen LogP contribution in [0.4, 0.5) is 8.78 Å². The summed E-state index contributed by atoms with van der Waals surface area (Å²) >= 11 is 0. The highest BCUT2D eigenvalue weighted by molar-refractivity contribution is 6.59. The average Bonchev–Trinajstić information content (AvgIpc) is 2.38. The minimum atomic E-state index is -1.67. The Morgan fingerprint density at radius 2 is 1.79 bits per heavy atom. The van der Waals surface area contributed by atoms with E-state index in [1.807, 2.05) is 0 Å². The maximum atomic E-state index is 13.4. The van der Waals surface area contributed by atoms with Gasteiger partial charge in [0.1, 0.15) is 24.0 Å². The molecule has 0 aliphatic heterocycles. The van der Waals surface area contributed by atoms with Crippen molar-refractivity contribution in [1.29, 1.82) is 0 Å². The molecule has 0 aliphatic rings. The van der Waals surface area contributed by atoms with Crippen LogP contribution in [0, 0.1) is 11.6 Å². The summed E-state index contributed by atoms with van der Waals surface area (Å²) in [5, 5.41) is 18.3. The molecule has 0 radical (unpaired) electrons. The molecular weight excluding hydrogens is 253 g/mol. The highest BCUT2D eigenvalue weighted by Crippen LogP contribution is 2.14. The Morgan fingerprint density at radius 1 is 1.05 bits per heavy atom. The van der Waals surface area contributed by atoms with Gasteiger partial charge in [0, 0.05) is 17.1 Å². The molecule has 98 valence electrons. The maximum absolute atomic E-state index is 13.4. The first kappa shape index (κ1) is 13.5. The molecule has 0 spiro atoms. The summed E-state index contributed by atoms with van der Waals surface area (Å²) in [4.78, 5) is 0. The van der Waals surface area contributed by atoms with Crippen LogP contribution in [0.2, 0.25) is 0 Å². The number of halogens is 2. The topological polar surface area (TPSA) is 49.7 Å². The normalized spacial score (nSPS) is 10.3. The van der Waals surface area contributed by atoms with E-state index in [0.717, 1.165) is 12.1 Å². The molecule has 0 amide bonds. The van der Waals surface area contributed by atoms with Crippen molar-refractivity contribution in [1.82, 2.24) is 0 Å². The highest BCUT2D eigenvalue weighted by Gasteiger charge is 2.16. The van der Waals surface area contributed by atoms with E-state index in [1.165, 1.54) is 18.2 Å². The lowest BCUT2D eigenvalue weighted by atomic mass is 9.79. The van der Waals surface area contributed by atoms with Crippen LogP contribution in [0.5, 0.6) is 5.75 Å². The molecule has 0 unspecified atom stereocenters. The van der Waals surface area contributed by atoms with Gasteiger partial charge >= 0.3 is 7.12 Å². The number of hydrogen-bond acceptors (Lipinski definition) is 3. The second kappa shape index (κ2) is 5.82. The van der Waals surface area contributed by atoms with Gasteiger partial charge in [0.15, 0.2) is 0 Å². The second-order valence-electron chi connectivity index (χ2n) is 3.94. The van der Waals surface area contributed by atoms with Gasteiger partial charge in [-0.25, -0.2) is 8.78 Å². The van der Waals surface area contributed by atoms with E-state index in [2.05, 4.69) is 0 Å². The SMILES string of the molecule is OB(O)c1ccccc1OCc1ccc(F)cc1F. The van der Waals surface area contributed by atoms with Crippen LogP contribution in [0.25, 0.3) is 0 Å².